The summed E-state index contributed by atoms with van der Waals surface area (Å²) in [5.41, 5.74) is 0.618. The Morgan fingerprint density at radius 3 is 2.86 bits per heavy atom. The molecule has 1 fully saturated rings. The molecule has 0 heterocycles. The van der Waals surface area contributed by atoms with E-state index in [1.807, 2.05) is 0 Å². The van der Waals surface area contributed by atoms with E-state index in [2.05, 4.69) is 31.3 Å². The summed E-state index contributed by atoms with van der Waals surface area (Å²) in [6, 6.07) is 5.21. The lowest BCUT2D eigenvalue weighted by molar-refractivity contribution is -0.121. The number of nitrogens with one attached hydrogen (secondary N) is 2. The summed E-state index contributed by atoms with van der Waals surface area (Å²) < 4.78 is 29.9. The Hall–Kier alpha value is -1.21. The molecule has 0 aromatic heterocycles. The normalized spacial score (nSPS) is 14.3. The average molecular weight is 363 g/mol. The summed E-state index contributed by atoms with van der Waals surface area (Å²) in [5, 5.41) is 5.95. The van der Waals surface area contributed by atoms with Crippen LogP contribution in [0.15, 0.2) is 22.7 Å². The van der Waals surface area contributed by atoms with Gasteiger partial charge < -0.3 is 15.4 Å². The van der Waals surface area contributed by atoms with Crippen molar-refractivity contribution in [1.29, 1.82) is 0 Å². The van der Waals surface area contributed by atoms with Crippen molar-refractivity contribution in [2.24, 2.45) is 0 Å². The molecule has 1 amide bonds. The number of halogens is 3. The van der Waals surface area contributed by atoms with Crippen molar-refractivity contribution in [3.05, 3.63) is 28.2 Å². The van der Waals surface area contributed by atoms with Gasteiger partial charge in [0.1, 0.15) is 5.75 Å². The van der Waals surface area contributed by atoms with E-state index in [0.717, 1.165) is 17.3 Å². The van der Waals surface area contributed by atoms with Gasteiger partial charge in [-0.05, 0) is 31.0 Å². The van der Waals surface area contributed by atoms with Crippen LogP contribution in [-0.2, 0) is 11.3 Å². The van der Waals surface area contributed by atoms with Gasteiger partial charge in [-0.15, -0.1) is 0 Å². The van der Waals surface area contributed by atoms with Crippen LogP contribution in [-0.4, -0.2) is 25.1 Å². The van der Waals surface area contributed by atoms with Crippen LogP contribution in [0.1, 0.15) is 24.8 Å². The highest BCUT2D eigenvalue weighted by Crippen LogP contribution is 2.24. The van der Waals surface area contributed by atoms with E-state index in [1.54, 1.807) is 12.1 Å². The molecular weight excluding hydrogens is 346 g/mol. The van der Waals surface area contributed by atoms with Crippen LogP contribution in [0.5, 0.6) is 5.75 Å². The van der Waals surface area contributed by atoms with Gasteiger partial charge in [0.15, 0.2) is 0 Å². The molecule has 4 nitrogen and oxygen atoms in total. The van der Waals surface area contributed by atoms with Gasteiger partial charge in [0.2, 0.25) is 5.91 Å². The minimum Gasteiger partial charge on any atom is -0.434 e. The minimum atomic E-state index is -2.85. The highest BCUT2D eigenvalue weighted by molar-refractivity contribution is 9.10. The van der Waals surface area contributed by atoms with E-state index in [1.165, 1.54) is 6.07 Å². The molecule has 1 aromatic carbocycles. The maximum Gasteiger partial charge on any atom is 0.387 e. The van der Waals surface area contributed by atoms with Crippen LogP contribution in [0.3, 0.4) is 0 Å². The number of carbonyl (C=O) groups is 1. The lowest BCUT2D eigenvalue weighted by atomic mass is 10.2. The molecule has 0 bridgehead atoms. The summed E-state index contributed by atoms with van der Waals surface area (Å²) in [6.45, 7) is -2.01. The molecule has 1 saturated carbocycles. The number of ether oxygens (including phenoxy) is 1. The molecule has 0 radical (unpaired) electrons. The Kier molecular flexibility index (Phi) is 5.93. The molecule has 21 heavy (non-hydrogen) atoms. The smallest absolute Gasteiger partial charge is 0.387 e. The molecular formula is C14H17BrF2N2O2. The van der Waals surface area contributed by atoms with E-state index in [4.69, 9.17) is 0 Å². The lowest BCUT2D eigenvalue weighted by Crippen LogP contribution is -2.29. The second-order valence-electron chi connectivity index (χ2n) is 4.90. The van der Waals surface area contributed by atoms with Crippen molar-refractivity contribution < 1.29 is 18.3 Å². The quantitative estimate of drug-likeness (QED) is 0.699. The Balaban J connectivity index is 1.78. The van der Waals surface area contributed by atoms with Gasteiger partial charge in [0.05, 0.1) is 0 Å². The largest absolute Gasteiger partial charge is 0.434 e. The zero-order valence-electron chi connectivity index (χ0n) is 11.4. The number of rotatable bonds is 8. The third-order valence-corrected chi connectivity index (χ3v) is 3.52. The molecule has 1 aromatic rings. The molecule has 0 unspecified atom stereocenters. The van der Waals surface area contributed by atoms with E-state index in [-0.39, 0.29) is 11.7 Å². The number of hydrogen-bond acceptors (Lipinski definition) is 3. The van der Waals surface area contributed by atoms with Crippen LogP contribution in [0.25, 0.3) is 0 Å². The molecule has 0 atom stereocenters. The molecule has 0 aliphatic heterocycles. The first-order valence-corrected chi connectivity index (χ1v) is 7.57. The predicted octanol–water partition coefficient (Wildman–Crippen LogP) is 2.81. The maximum absolute atomic E-state index is 12.3. The number of alkyl halides is 2. The Morgan fingerprint density at radius 1 is 1.43 bits per heavy atom. The Bertz CT molecular complexity index is 496. The highest BCUT2D eigenvalue weighted by atomic mass is 79.9. The summed E-state index contributed by atoms with van der Waals surface area (Å²) in [7, 11) is 0. The van der Waals surface area contributed by atoms with Gasteiger partial charge in [-0.3, -0.25) is 4.79 Å². The van der Waals surface area contributed by atoms with Gasteiger partial charge in [0.25, 0.3) is 0 Å². The number of hydrogen-bond donors (Lipinski definition) is 2. The van der Waals surface area contributed by atoms with E-state index in [0.29, 0.717) is 31.1 Å². The fourth-order valence-corrected chi connectivity index (χ4v) is 2.26. The Morgan fingerprint density at radius 2 is 2.19 bits per heavy atom. The number of benzene rings is 1. The third kappa shape index (κ3) is 5.97. The Labute approximate surface area is 130 Å². The van der Waals surface area contributed by atoms with Gasteiger partial charge in [-0.2, -0.15) is 8.78 Å². The molecule has 2 N–H and O–H groups in total. The van der Waals surface area contributed by atoms with Crippen molar-refractivity contribution in [3.63, 3.8) is 0 Å². The van der Waals surface area contributed by atoms with Crippen LogP contribution in [0.2, 0.25) is 0 Å². The van der Waals surface area contributed by atoms with E-state index >= 15 is 0 Å². The molecule has 2 rings (SSSR count). The summed E-state index contributed by atoms with van der Waals surface area (Å²) in [6.07, 6.45) is 2.49. The molecule has 0 saturated heterocycles. The SMILES string of the molecule is O=C(CCNCc1cc(Br)ccc1OC(F)F)NC1CC1. The fraction of sp³-hybridized carbons (Fsp3) is 0.500. The minimum absolute atomic E-state index is 0.0169. The highest BCUT2D eigenvalue weighted by Gasteiger charge is 2.22. The number of amides is 1. The first kappa shape index (κ1) is 16.2. The zero-order chi connectivity index (χ0) is 15.2. The molecule has 1 aliphatic rings. The third-order valence-electron chi connectivity index (χ3n) is 3.03. The van der Waals surface area contributed by atoms with Crippen LogP contribution in [0, 0.1) is 0 Å². The molecule has 0 spiro atoms. The van der Waals surface area contributed by atoms with Crippen molar-refractivity contribution in [2.45, 2.75) is 38.5 Å². The van der Waals surface area contributed by atoms with Crippen molar-refractivity contribution in [1.82, 2.24) is 10.6 Å². The first-order valence-electron chi connectivity index (χ1n) is 6.78. The lowest BCUT2D eigenvalue weighted by Gasteiger charge is -2.12. The van der Waals surface area contributed by atoms with E-state index < -0.39 is 6.61 Å². The topological polar surface area (TPSA) is 50.4 Å². The van der Waals surface area contributed by atoms with Gasteiger partial charge in [0, 0.05) is 35.6 Å². The second kappa shape index (κ2) is 7.70. The monoisotopic (exact) mass is 362 g/mol. The molecule has 116 valence electrons. The van der Waals surface area contributed by atoms with Crippen molar-refractivity contribution in [3.8, 4) is 5.75 Å². The zero-order valence-corrected chi connectivity index (χ0v) is 13.0. The van der Waals surface area contributed by atoms with Crippen LogP contribution >= 0.6 is 15.9 Å². The molecule has 7 heteroatoms. The van der Waals surface area contributed by atoms with Crippen molar-refractivity contribution in [2.75, 3.05) is 6.54 Å². The van der Waals surface area contributed by atoms with Crippen molar-refractivity contribution >= 4 is 21.8 Å². The van der Waals surface area contributed by atoms with Crippen LogP contribution < -0.4 is 15.4 Å². The number of carbonyl (C=O) groups excluding carboxylic acids is 1. The first-order chi connectivity index (χ1) is 10.0. The summed E-state index contributed by atoms with van der Waals surface area (Å²) in [5.74, 6) is 0.159. The molecule has 1 aliphatic carbocycles. The van der Waals surface area contributed by atoms with Gasteiger partial charge in [-0.1, -0.05) is 15.9 Å². The van der Waals surface area contributed by atoms with Crippen LogP contribution in [0.4, 0.5) is 8.78 Å². The second-order valence-corrected chi connectivity index (χ2v) is 5.81. The van der Waals surface area contributed by atoms with Gasteiger partial charge >= 0.3 is 6.61 Å². The van der Waals surface area contributed by atoms with E-state index in [9.17, 15) is 13.6 Å². The summed E-state index contributed by atoms with van der Waals surface area (Å²) >= 11 is 3.29. The average Bonchev–Trinajstić information content (AvgIpc) is 3.21. The van der Waals surface area contributed by atoms with Gasteiger partial charge in [-0.25, -0.2) is 0 Å². The standard InChI is InChI=1S/C14H17BrF2N2O2/c15-10-1-4-12(21-14(16)17)9(7-10)8-18-6-5-13(20)19-11-2-3-11/h1,4,7,11,14,18H,2-3,5-6,8H2,(H,19,20). The maximum atomic E-state index is 12.3. The summed E-state index contributed by atoms with van der Waals surface area (Å²) in [4.78, 5) is 11.5. The fourth-order valence-electron chi connectivity index (χ4n) is 1.85. The predicted molar refractivity (Wildman–Crippen MR) is 78.3 cm³/mol.